The van der Waals surface area contributed by atoms with Crippen molar-refractivity contribution in [2.45, 2.75) is 89.6 Å². The van der Waals surface area contributed by atoms with Crippen molar-refractivity contribution >= 4 is 0 Å². The number of fused-ring (bicyclic) bond motifs is 2. The summed E-state index contributed by atoms with van der Waals surface area (Å²) in [6.45, 7) is 6.54. The van der Waals surface area contributed by atoms with Crippen LogP contribution in [0.5, 0.6) is 0 Å². The summed E-state index contributed by atoms with van der Waals surface area (Å²) in [6.07, 6.45) is 13.6. The minimum Gasteiger partial charge on any atom is -0.374 e. The van der Waals surface area contributed by atoms with Crippen molar-refractivity contribution in [3.63, 3.8) is 0 Å². The summed E-state index contributed by atoms with van der Waals surface area (Å²) >= 11 is 0. The first-order valence-electron chi connectivity index (χ1n) is 11.8. The molecule has 5 atom stereocenters. The van der Waals surface area contributed by atoms with E-state index in [1.807, 2.05) is 12.1 Å². The van der Waals surface area contributed by atoms with Crippen LogP contribution >= 0.6 is 0 Å². The molecule has 0 bridgehead atoms. The standard InChI is InChI=1S/C26H36F2O/c1-3-5-17-6-7-21-16-24(26(28)25(27)23(21)13-17)20-9-8-19-15-22(29-12-4-2)11-10-18(19)14-20/h4,16-20,22H,2-3,5-15H2,1H3. The first kappa shape index (κ1) is 21.0. The summed E-state index contributed by atoms with van der Waals surface area (Å²) in [6, 6.07) is 2.04. The van der Waals surface area contributed by atoms with Gasteiger partial charge in [0, 0.05) is 0 Å². The average molecular weight is 403 g/mol. The maximum atomic E-state index is 15.1. The normalized spacial score (nSPS) is 31.8. The summed E-state index contributed by atoms with van der Waals surface area (Å²) in [4.78, 5) is 0. The molecule has 3 heteroatoms. The van der Waals surface area contributed by atoms with E-state index in [-0.39, 0.29) is 5.92 Å². The quantitative estimate of drug-likeness (QED) is 0.460. The number of ether oxygens (including phenoxy) is 1. The SMILES string of the molecule is C=CCOC1CCC2CC(c3cc4c(c(F)c3F)CC(CCC)CC4)CCC2C1. The zero-order valence-electron chi connectivity index (χ0n) is 17.9. The van der Waals surface area contributed by atoms with Gasteiger partial charge in [0.2, 0.25) is 0 Å². The van der Waals surface area contributed by atoms with Crippen molar-refractivity contribution in [1.29, 1.82) is 0 Å². The summed E-state index contributed by atoms with van der Waals surface area (Å²) < 4.78 is 36.0. The number of hydrogen-bond donors (Lipinski definition) is 0. The minimum atomic E-state index is -0.549. The molecule has 0 aliphatic heterocycles. The maximum Gasteiger partial charge on any atom is 0.162 e. The van der Waals surface area contributed by atoms with Crippen LogP contribution in [0.4, 0.5) is 8.78 Å². The summed E-state index contributed by atoms with van der Waals surface area (Å²) in [5.74, 6) is 0.908. The van der Waals surface area contributed by atoms with Crippen molar-refractivity contribution in [3.05, 3.63) is 47.0 Å². The Bertz CT molecular complexity index is 728. The van der Waals surface area contributed by atoms with Crippen LogP contribution in [0.2, 0.25) is 0 Å². The molecule has 0 aromatic heterocycles. The van der Waals surface area contributed by atoms with Crippen LogP contribution in [0.3, 0.4) is 0 Å². The van der Waals surface area contributed by atoms with Gasteiger partial charge in [-0.25, -0.2) is 8.78 Å². The molecule has 2 saturated carbocycles. The number of halogens is 2. The molecule has 0 heterocycles. The molecule has 1 aromatic rings. The third-order valence-corrected chi connectivity index (χ3v) is 7.89. The summed E-state index contributed by atoms with van der Waals surface area (Å²) in [5.41, 5.74) is 2.41. The van der Waals surface area contributed by atoms with E-state index in [1.165, 1.54) is 0 Å². The fraction of sp³-hybridized carbons (Fsp3) is 0.692. The zero-order valence-corrected chi connectivity index (χ0v) is 17.9. The Morgan fingerprint density at radius 1 is 1.07 bits per heavy atom. The molecule has 1 aromatic carbocycles. The van der Waals surface area contributed by atoms with Gasteiger partial charge in [0.05, 0.1) is 12.7 Å². The molecule has 2 fully saturated rings. The molecule has 0 radical (unpaired) electrons. The van der Waals surface area contributed by atoms with Crippen molar-refractivity contribution in [1.82, 2.24) is 0 Å². The van der Waals surface area contributed by atoms with Gasteiger partial charge in [0.25, 0.3) is 0 Å². The number of aryl methyl sites for hydroxylation is 1. The Morgan fingerprint density at radius 2 is 1.86 bits per heavy atom. The van der Waals surface area contributed by atoms with Gasteiger partial charge in [0.15, 0.2) is 11.6 Å². The van der Waals surface area contributed by atoms with Gasteiger partial charge in [-0.3, -0.25) is 0 Å². The van der Waals surface area contributed by atoms with E-state index in [2.05, 4.69) is 13.5 Å². The number of benzene rings is 1. The van der Waals surface area contributed by atoms with Gasteiger partial charge in [0.1, 0.15) is 0 Å². The second kappa shape index (κ2) is 9.29. The molecule has 0 amide bonds. The Kier molecular flexibility index (Phi) is 6.73. The van der Waals surface area contributed by atoms with E-state index in [4.69, 9.17) is 4.74 Å². The first-order chi connectivity index (χ1) is 14.1. The van der Waals surface area contributed by atoms with Gasteiger partial charge in [-0.2, -0.15) is 0 Å². The molecule has 160 valence electrons. The second-order valence-corrected chi connectivity index (χ2v) is 9.72. The largest absolute Gasteiger partial charge is 0.374 e. The van der Waals surface area contributed by atoms with E-state index in [0.717, 1.165) is 69.8 Å². The highest BCUT2D eigenvalue weighted by molar-refractivity contribution is 5.38. The second-order valence-electron chi connectivity index (χ2n) is 9.72. The molecule has 3 aliphatic carbocycles. The predicted molar refractivity (Wildman–Crippen MR) is 114 cm³/mol. The lowest BCUT2D eigenvalue weighted by molar-refractivity contribution is -0.00327. The van der Waals surface area contributed by atoms with Gasteiger partial charge in [-0.1, -0.05) is 31.9 Å². The Labute approximate surface area is 174 Å². The van der Waals surface area contributed by atoms with E-state index < -0.39 is 11.6 Å². The molecule has 5 unspecified atom stereocenters. The molecular formula is C26H36F2O. The van der Waals surface area contributed by atoms with Crippen molar-refractivity contribution < 1.29 is 13.5 Å². The van der Waals surface area contributed by atoms with E-state index in [1.54, 1.807) is 0 Å². The third kappa shape index (κ3) is 4.45. The highest BCUT2D eigenvalue weighted by Crippen LogP contribution is 2.48. The van der Waals surface area contributed by atoms with Crippen LogP contribution in [0.25, 0.3) is 0 Å². The Morgan fingerprint density at radius 3 is 2.66 bits per heavy atom. The summed E-state index contributed by atoms with van der Waals surface area (Å²) in [7, 11) is 0. The lowest BCUT2D eigenvalue weighted by Gasteiger charge is -2.42. The lowest BCUT2D eigenvalue weighted by atomic mass is 9.65. The molecule has 0 spiro atoms. The van der Waals surface area contributed by atoms with Crippen LogP contribution < -0.4 is 0 Å². The third-order valence-electron chi connectivity index (χ3n) is 7.89. The van der Waals surface area contributed by atoms with Crippen molar-refractivity contribution in [3.8, 4) is 0 Å². The van der Waals surface area contributed by atoms with Crippen LogP contribution in [-0.4, -0.2) is 12.7 Å². The summed E-state index contributed by atoms with van der Waals surface area (Å²) in [5, 5.41) is 0. The number of hydrogen-bond acceptors (Lipinski definition) is 1. The Hall–Kier alpha value is -1.22. The topological polar surface area (TPSA) is 9.23 Å². The lowest BCUT2D eigenvalue weighted by Crippen LogP contribution is -2.34. The smallest absolute Gasteiger partial charge is 0.162 e. The fourth-order valence-electron chi connectivity index (χ4n) is 6.37. The fourth-order valence-corrected chi connectivity index (χ4v) is 6.37. The molecule has 0 N–H and O–H groups in total. The van der Waals surface area contributed by atoms with Gasteiger partial charge in [-0.15, -0.1) is 6.58 Å². The molecule has 3 aliphatic rings. The van der Waals surface area contributed by atoms with Crippen LogP contribution in [0, 0.1) is 29.4 Å². The average Bonchev–Trinajstić information content (AvgIpc) is 2.75. The van der Waals surface area contributed by atoms with Gasteiger partial charge in [-0.05, 0) is 98.1 Å². The highest BCUT2D eigenvalue weighted by atomic mass is 19.2. The zero-order chi connectivity index (χ0) is 20.4. The van der Waals surface area contributed by atoms with E-state index in [0.29, 0.717) is 48.0 Å². The monoisotopic (exact) mass is 402 g/mol. The highest BCUT2D eigenvalue weighted by Gasteiger charge is 2.38. The minimum absolute atomic E-state index is 0.176. The molecule has 29 heavy (non-hydrogen) atoms. The van der Waals surface area contributed by atoms with Gasteiger partial charge < -0.3 is 4.74 Å². The molecule has 0 saturated heterocycles. The van der Waals surface area contributed by atoms with Crippen LogP contribution in [0.15, 0.2) is 18.7 Å². The molecule has 1 nitrogen and oxygen atoms in total. The maximum absolute atomic E-state index is 15.1. The van der Waals surface area contributed by atoms with Crippen molar-refractivity contribution in [2.24, 2.45) is 17.8 Å². The van der Waals surface area contributed by atoms with Gasteiger partial charge >= 0.3 is 0 Å². The molecular weight excluding hydrogens is 366 g/mol. The van der Waals surface area contributed by atoms with E-state index in [9.17, 15) is 0 Å². The molecule has 4 rings (SSSR count). The first-order valence-corrected chi connectivity index (χ1v) is 11.8. The van der Waals surface area contributed by atoms with E-state index >= 15 is 8.78 Å². The Balaban J connectivity index is 1.46. The number of rotatable bonds is 6. The predicted octanol–water partition coefficient (Wildman–Crippen LogP) is 7.12. The van der Waals surface area contributed by atoms with Crippen LogP contribution in [0.1, 0.15) is 87.3 Å². The van der Waals surface area contributed by atoms with Crippen molar-refractivity contribution in [2.75, 3.05) is 6.61 Å². The van der Waals surface area contributed by atoms with Crippen LogP contribution in [-0.2, 0) is 17.6 Å².